The van der Waals surface area contributed by atoms with Crippen molar-refractivity contribution < 1.29 is 13.2 Å². The number of rotatable bonds is 4. The summed E-state index contributed by atoms with van der Waals surface area (Å²) in [5.41, 5.74) is 0. The molecule has 1 aliphatic heterocycles. The lowest BCUT2D eigenvalue weighted by atomic mass is 10.1. The van der Waals surface area contributed by atoms with Crippen LogP contribution in [0.4, 0.5) is 0 Å². The topological polar surface area (TPSA) is 46.6 Å². The van der Waals surface area contributed by atoms with Gasteiger partial charge in [0.05, 0.1) is 11.4 Å². The minimum Gasteiger partial charge on any atom is -0.377 e. The zero-order chi connectivity index (χ0) is 13.2. The third-order valence-electron chi connectivity index (χ3n) is 4.30. The Bertz CT molecular complexity index is 362. The van der Waals surface area contributed by atoms with Gasteiger partial charge in [-0.15, -0.1) is 0 Å². The molecule has 0 radical (unpaired) electrons. The van der Waals surface area contributed by atoms with E-state index in [9.17, 15) is 8.42 Å². The number of ether oxygens (including phenoxy) is 1. The Kier molecular flexibility index (Phi) is 4.67. The maximum Gasteiger partial charge on any atom is 0.151 e. The van der Waals surface area contributed by atoms with Crippen molar-refractivity contribution in [3.63, 3.8) is 0 Å². The summed E-state index contributed by atoms with van der Waals surface area (Å²) in [5, 5.41) is -0.175. The second kappa shape index (κ2) is 5.88. The minimum atomic E-state index is -2.92. The molecule has 2 fully saturated rings. The fourth-order valence-electron chi connectivity index (χ4n) is 3.32. The van der Waals surface area contributed by atoms with Gasteiger partial charge in [-0.1, -0.05) is 6.42 Å². The summed E-state index contributed by atoms with van der Waals surface area (Å²) < 4.78 is 29.3. The Morgan fingerprint density at radius 1 is 1.17 bits per heavy atom. The van der Waals surface area contributed by atoms with Crippen LogP contribution in [0, 0.1) is 0 Å². The molecule has 0 N–H and O–H groups in total. The van der Waals surface area contributed by atoms with E-state index in [4.69, 9.17) is 4.74 Å². The standard InChI is InChI=1S/C13H25NO3S/c1-14(10-11-6-3-4-9-17-11)12-7-5-8-13(12)18(2,15)16/h11-13H,3-10H2,1-2H3/t11-,12+,13-/m0/s1. The molecule has 0 aromatic carbocycles. The van der Waals surface area contributed by atoms with Gasteiger partial charge in [0.15, 0.2) is 9.84 Å². The Hall–Kier alpha value is -0.130. The Morgan fingerprint density at radius 2 is 1.94 bits per heavy atom. The van der Waals surface area contributed by atoms with Crippen molar-refractivity contribution in [2.75, 3.05) is 26.5 Å². The first kappa shape index (κ1) is 14.3. The van der Waals surface area contributed by atoms with Gasteiger partial charge in [0.2, 0.25) is 0 Å². The van der Waals surface area contributed by atoms with Crippen LogP contribution in [0.3, 0.4) is 0 Å². The fourth-order valence-corrected chi connectivity index (χ4v) is 4.83. The van der Waals surface area contributed by atoms with Gasteiger partial charge in [-0.2, -0.15) is 0 Å². The summed E-state index contributed by atoms with van der Waals surface area (Å²) in [5.74, 6) is 0. The van der Waals surface area contributed by atoms with Crippen LogP contribution in [0.2, 0.25) is 0 Å². The molecule has 1 saturated heterocycles. The van der Waals surface area contributed by atoms with E-state index in [1.807, 2.05) is 7.05 Å². The van der Waals surface area contributed by atoms with Crippen LogP contribution in [0.1, 0.15) is 38.5 Å². The predicted octanol–water partition coefficient (Wildman–Crippen LogP) is 1.45. The van der Waals surface area contributed by atoms with Gasteiger partial charge in [-0.3, -0.25) is 4.90 Å². The minimum absolute atomic E-state index is 0.175. The summed E-state index contributed by atoms with van der Waals surface area (Å²) in [6, 6.07) is 0.186. The molecule has 1 heterocycles. The molecule has 2 rings (SSSR count). The molecule has 5 heteroatoms. The normalized spacial score (nSPS) is 34.1. The number of hydrogen-bond acceptors (Lipinski definition) is 4. The average Bonchev–Trinajstić information content (AvgIpc) is 2.79. The Labute approximate surface area is 111 Å². The third kappa shape index (κ3) is 3.45. The van der Waals surface area contributed by atoms with Crippen molar-refractivity contribution in [3.8, 4) is 0 Å². The maximum atomic E-state index is 11.8. The number of nitrogens with zero attached hydrogens (tertiary/aromatic N) is 1. The van der Waals surface area contributed by atoms with Gasteiger partial charge in [0, 0.05) is 25.4 Å². The van der Waals surface area contributed by atoms with Gasteiger partial charge in [-0.25, -0.2) is 8.42 Å². The quantitative estimate of drug-likeness (QED) is 0.779. The van der Waals surface area contributed by atoms with E-state index in [1.54, 1.807) is 0 Å². The highest BCUT2D eigenvalue weighted by molar-refractivity contribution is 7.91. The van der Waals surface area contributed by atoms with Crippen molar-refractivity contribution in [3.05, 3.63) is 0 Å². The van der Waals surface area contributed by atoms with Gasteiger partial charge < -0.3 is 4.74 Å². The molecule has 0 bridgehead atoms. The molecule has 1 saturated carbocycles. The van der Waals surface area contributed by atoms with Crippen molar-refractivity contribution >= 4 is 9.84 Å². The zero-order valence-corrected chi connectivity index (χ0v) is 12.3. The fraction of sp³-hybridized carbons (Fsp3) is 1.00. The largest absolute Gasteiger partial charge is 0.377 e. The Balaban J connectivity index is 1.93. The van der Waals surface area contributed by atoms with E-state index < -0.39 is 9.84 Å². The lowest BCUT2D eigenvalue weighted by molar-refractivity contribution is -0.00749. The lowest BCUT2D eigenvalue weighted by Crippen LogP contribution is -2.45. The van der Waals surface area contributed by atoms with Crippen LogP contribution in [0.15, 0.2) is 0 Å². The number of sulfone groups is 1. The van der Waals surface area contributed by atoms with Gasteiger partial charge >= 0.3 is 0 Å². The van der Waals surface area contributed by atoms with Crippen LogP contribution in [0.5, 0.6) is 0 Å². The van der Waals surface area contributed by atoms with Crippen molar-refractivity contribution in [2.45, 2.75) is 55.9 Å². The van der Waals surface area contributed by atoms with E-state index in [2.05, 4.69) is 4.90 Å². The van der Waals surface area contributed by atoms with Crippen LogP contribution in [0.25, 0.3) is 0 Å². The molecule has 0 aromatic heterocycles. The van der Waals surface area contributed by atoms with E-state index in [0.717, 1.165) is 45.3 Å². The lowest BCUT2D eigenvalue weighted by Gasteiger charge is -2.33. The molecule has 18 heavy (non-hydrogen) atoms. The van der Waals surface area contributed by atoms with Crippen LogP contribution in [-0.4, -0.2) is 57.2 Å². The first-order chi connectivity index (χ1) is 8.48. The van der Waals surface area contributed by atoms with Crippen molar-refractivity contribution in [2.24, 2.45) is 0 Å². The summed E-state index contributed by atoms with van der Waals surface area (Å²) in [4.78, 5) is 2.22. The molecular formula is C13H25NO3S. The summed E-state index contributed by atoms with van der Waals surface area (Å²) in [7, 11) is -0.872. The molecule has 0 aromatic rings. The second-order valence-electron chi connectivity index (χ2n) is 5.79. The molecule has 3 atom stereocenters. The highest BCUT2D eigenvalue weighted by Crippen LogP contribution is 2.29. The highest BCUT2D eigenvalue weighted by atomic mass is 32.2. The van der Waals surface area contributed by atoms with Crippen LogP contribution in [-0.2, 0) is 14.6 Å². The smallest absolute Gasteiger partial charge is 0.151 e. The monoisotopic (exact) mass is 275 g/mol. The molecule has 0 amide bonds. The summed E-state index contributed by atoms with van der Waals surface area (Å²) in [6.07, 6.45) is 8.03. The number of hydrogen-bond donors (Lipinski definition) is 0. The predicted molar refractivity (Wildman–Crippen MR) is 72.5 cm³/mol. The van der Waals surface area contributed by atoms with E-state index in [1.165, 1.54) is 12.7 Å². The molecule has 4 nitrogen and oxygen atoms in total. The van der Waals surface area contributed by atoms with E-state index in [0.29, 0.717) is 6.10 Å². The first-order valence-corrected chi connectivity index (χ1v) is 8.94. The van der Waals surface area contributed by atoms with E-state index in [-0.39, 0.29) is 11.3 Å². The summed E-state index contributed by atoms with van der Waals surface area (Å²) >= 11 is 0. The van der Waals surface area contributed by atoms with Crippen molar-refractivity contribution in [1.82, 2.24) is 4.90 Å². The molecule has 106 valence electrons. The zero-order valence-electron chi connectivity index (χ0n) is 11.5. The number of likely N-dealkylation sites (N-methyl/N-ethyl adjacent to an activating group) is 1. The van der Waals surface area contributed by atoms with Gasteiger partial charge in [0.1, 0.15) is 0 Å². The van der Waals surface area contributed by atoms with Crippen LogP contribution < -0.4 is 0 Å². The highest BCUT2D eigenvalue weighted by Gasteiger charge is 2.37. The SMILES string of the molecule is CN(C[C@@H]1CCCCO1)[C@@H]1CCC[C@@H]1S(C)(=O)=O. The van der Waals surface area contributed by atoms with Crippen LogP contribution >= 0.6 is 0 Å². The molecule has 2 aliphatic rings. The summed E-state index contributed by atoms with van der Waals surface area (Å²) in [6.45, 7) is 1.73. The molecule has 1 aliphatic carbocycles. The molecular weight excluding hydrogens is 250 g/mol. The Morgan fingerprint density at radius 3 is 2.56 bits per heavy atom. The van der Waals surface area contributed by atoms with Gasteiger partial charge in [0.25, 0.3) is 0 Å². The van der Waals surface area contributed by atoms with E-state index >= 15 is 0 Å². The first-order valence-electron chi connectivity index (χ1n) is 6.99. The maximum absolute atomic E-state index is 11.8. The van der Waals surface area contributed by atoms with Gasteiger partial charge in [-0.05, 0) is 39.2 Å². The molecule has 0 unspecified atom stereocenters. The van der Waals surface area contributed by atoms with Crippen molar-refractivity contribution in [1.29, 1.82) is 0 Å². The molecule has 0 spiro atoms. The third-order valence-corrected chi connectivity index (χ3v) is 5.95. The second-order valence-corrected chi connectivity index (χ2v) is 8.06. The average molecular weight is 275 g/mol.